The van der Waals surface area contributed by atoms with Crippen LogP contribution < -0.4 is 0 Å². The zero-order valence-corrected chi connectivity index (χ0v) is 16.4. The first-order valence-electron chi connectivity index (χ1n) is 9.41. The van der Waals surface area contributed by atoms with Gasteiger partial charge in [-0.3, -0.25) is 4.79 Å². The molecule has 3 aromatic rings. The Labute approximate surface area is 162 Å². The summed E-state index contributed by atoms with van der Waals surface area (Å²) >= 11 is 1.64. The quantitative estimate of drug-likeness (QED) is 0.621. The van der Waals surface area contributed by atoms with Crippen molar-refractivity contribution < 1.29 is 13.6 Å². The van der Waals surface area contributed by atoms with Crippen LogP contribution in [-0.4, -0.2) is 27.5 Å². The van der Waals surface area contributed by atoms with E-state index in [-0.39, 0.29) is 5.91 Å². The van der Waals surface area contributed by atoms with Crippen LogP contribution in [0.4, 0.5) is 0 Å². The van der Waals surface area contributed by atoms with Gasteiger partial charge in [-0.15, -0.1) is 21.5 Å². The van der Waals surface area contributed by atoms with E-state index in [0.29, 0.717) is 36.5 Å². The van der Waals surface area contributed by atoms with E-state index in [1.54, 1.807) is 34.6 Å². The summed E-state index contributed by atoms with van der Waals surface area (Å²) in [6.07, 6.45) is 5.79. The normalized spacial score (nSPS) is 16.3. The first-order chi connectivity index (χ1) is 13.1. The minimum Gasteiger partial charge on any atom is -0.459 e. The molecule has 0 aromatic carbocycles. The summed E-state index contributed by atoms with van der Waals surface area (Å²) in [6.45, 7) is 5.29. The lowest BCUT2D eigenvalue weighted by Gasteiger charge is -2.19. The van der Waals surface area contributed by atoms with Crippen molar-refractivity contribution in [1.29, 1.82) is 0 Å². The number of nitrogens with zero attached hydrogens (tertiary/aromatic N) is 3. The van der Waals surface area contributed by atoms with E-state index in [9.17, 15) is 4.79 Å². The van der Waals surface area contributed by atoms with Gasteiger partial charge in [0.15, 0.2) is 5.76 Å². The molecular formula is C20H23N3O3S. The number of carbonyl (C=O) groups excluding carboxylic acids is 1. The monoisotopic (exact) mass is 385 g/mol. The summed E-state index contributed by atoms with van der Waals surface area (Å²) in [5, 5.41) is 8.10. The second-order valence-corrected chi connectivity index (χ2v) is 8.25. The molecule has 27 heavy (non-hydrogen) atoms. The van der Waals surface area contributed by atoms with Gasteiger partial charge in [0.25, 0.3) is 11.8 Å². The van der Waals surface area contributed by atoms with Gasteiger partial charge in [-0.2, -0.15) is 0 Å². The highest BCUT2D eigenvalue weighted by atomic mass is 32.1. The third-order valence-electron chi connectivity index (χ3n) is 4.85. The van der Waals surface area contributed by atoms with Crippen LogP contribution in [0.2, 0.25) is 0 Å². The summed E-state index contributed by atoms with van der Waals surface area (Å²) in [4.78, 5) is 17.1. The molecule has 0 aliphatic heterocycles. The van der Waals surface area contributed by atoms with Crippen molar-refractivity contribution in [2.24, 2.45) is 5.92 Å². The number of furan rings is 1. The Bertz CT molecular complexity index is 913. The second kappa shape index (κ2) is 7.68. The Balaban J connectivity index is 1.51. The van der Waals surface area contributed by atoms with Gasteiger partial charge in [0.2, 0.25) is 5.89 Å². The van der Waals surface area contributed by atoms with Gasteiger partial charge < -0.3 is 13.7 Å². The molecule has 0 unspecified atom stereocenters. The third kappa shape index (κ3) is 3.83. The number of fused-ring (bicyclic) bond motifs is 1. The molecule has 0 saturated heterocycles. The van der Waals surface area contributed by atoms with E-state index in [2.05, 4.69) is 30.1 Å². The van der Waals surface area contributed by atoms with Crippen LogP contribution in [0, 0.1) is 5.92 Å². The van der Waals surface area contributed by atoms with Crippen LogP contribution in [0.15, 0.2) is 33.3 Å². The summed E-state index contributed by atoms with van der Waals surface area (Å²) in [6, 6.07) is 5.62. The molecule has 0 saturated carbocycles. The molecule has 1 amide bonds. The molecule has 4 rings (SSSR count). The first-order valence-corrected chi connectivity index (χ1v) is 10.2. The maximum absolute atomic E-state index is 13.1. The standard InChI is InChI=1S/C20H23N3O3S/c1-3-8-23(12-18-21-22-19(26-18)15-5-4-9-25-15)20(24)17-11-14-10-13(2)6-7-16(14)27-17/h4-5,9,11,13H,3,6-8,10,12H2,1-2H3/t13-/m0/s1. The van der Waals surface area contributed by atoms with Crippen LogP contribution in [-0.2, 0) is 19.4 Å². The average Bonchev–Trinajstić information content (AvgIpc) is 3.40. The summed E-state index contributed by atoms with van der Waals surface area (Å²) in [7, 11) is 0. The van der Waals surface area contributed by atoms with Crippen molar-refractivity contribution in [1.82, 2.24) is 15.1 Å². The fourth-order valence-corrected chi connectivity index (χ4v) is 4.65. The highest BCUT2D eigenvalue weighted by Gasteiger charge is 2.24. The van der Waals surface area contributed by atoms with E-state index in [1.807, 2.05) is 0 Å². The molecule has 0 fully saturated rings. The Morgan fingerprint density at radius 3 is 3.07 bits per heavy atom. The molecule has 7 heteroatoms. The summed E-state index contributed by atoms with van der Waals surface area (Å²) < 4.78 is 11.0. The highest BCUT2D eigenvalue weighted by Crippen LogP contribution is 2.33. The molecule has 6 nitrogen and oxygen atoms in total. The van der Waals surface area contributed by atoms with Crippen molar-refractivity contribution in [3.8, 4) is 11.7 Å². The lowest BCUT2D eigenvalue weighted by Crippen LogP contribution is -2.30. The molecule has 3 aromatic heterocycles. The maximum atomic E-state index is 13.1. The molecule has 0 bridgehead atoms. The molecule has 1 atom stereocenters. The topological polar surface area (TPSA) is 72.4 Å². The molecular weight excluding hydrogens is 362 g/mol. The number of amides is 1. The van der Waals surface area contributed by atoms with Crippen LogP contribution in [0.1, 0.15) is 52.7 Å². The zero-order chi connectivity index (χ0) is 18.8. The molecule has 142 valence electrons. The molecule has 0 spiro atoms. The van der Waals surface area contributed by atoms with E-state index in [0.717, 1.165) is 24.1 Å². The number of carbonyl (C=O) groups is 1. The molecule has 0 radical (unpaired) electrons. The van der Waals surface area contributed by atoms with Crippen molar-refractivity contribution >= 4 is 17.2 Å². The van der Waals surface area contributed by atoms with Gasteiger partial charge in [0.1, 0.15) is 0 Å². The van der Waals surface area contributed by atoms with Crippen molar-refractivity contribution in [2.75, 3.05) is 6.54 Å². The van der Waals surface area contributed by atoms with Crippen LogP contribution >= 0.6 is 11.3 Å². The largest absolute Gasteiger partial charge is 0.459 e. The van der Waals surface area contributed by atoms with Gasteiger partial charge in [0, 0.05) is 11.4 Å². The third-order valence-corrected chi connectivity index (χ3v) is 6.07. The van der Waals surface area contributed by atoms with Gasteiger partial charge in [0.05, 0.1) is 17.7 Å². The highest BCUT2D eigenvalue weighted by molar-refractivity contribution is 7.14. The Hall–Kier alpha value is -2.41. The predicted molar refractivity (Wildman–Crippen MR) is 103 cm³/mol. The molecule has 3 heterocycles. The van der Waals surface area contributed by atoms with Crippen LogP contribution in [0.5, 0.6) is 0 Å². The number of hydrogen-bond donors (Lipinski definition) is 0. The van der Waals surface area contributed by atoms with Crippen molar-refractivity contribution in [3.05, 3.63) is 45.7 Å². The fourth-order valence-electron chi connectivity index (χ4n) is 3.47. The van der Waals surface area contributed by atoms with E-state index in [4.69, 9.17) is 8.83 Å². The second-order valence-electron chi connectivity index (χ2n) is 7.11. The van der Waals surface area contributed by atoms with Gasteiger partial charge in [-0.05, 0) is 55.4 Å². The van der Waals surface area contributed by atoms with E-state index < -0.39 is 0 Å². The minimum atomic E-state index is 0.0432. The predicted octanol–water partition coefficient (Wildman–Crippen LogP) is 4.57. The Kier molecular flexibility index (Phi) is 5.11. The SMILES string of the molecule is CCCN(Cc1nnc(-c2ccco2)o1)C(=O)c1cc2c(s1)CC[C@H](C)C2. The number of rotatable bonds is 6. The Morgan fingerprint density at radius 2 is 2.30 bits per heavy atom. The van der Waals surface area contributed by atoms with Crippen molar-refractivity contribution in [2.45, 2.75) is 46.1 Å². The molecule has 1 aliphatic rings. The van der Waals surface area contributed by atoms with Gasteiger partial charge in [-0.25, -0.2) is 0 Å². The maximum Gasteiger partial charge on any atom is 0.283 e. The minimum absolute atomic E-state index is 0.0432. The van der Waals surface area contributed by atoms with Crippen molar-refractivity contribution in [3.63, 3.8) is 0 Å². The average molecular weight is 385 g/mol. The number of hydrogen-bond acceptors (Lipinski definition) is 6. The summed E-state index contributed by atoms with van der Waals surface area (Å²) in [5.74, 6) is 2.02. The summed E-state index contributed by atoms with van der Waals surface area (Å²) in [5.41, 5.74) is 1.34. The number of aromatic nitrogens is 2. The Morgan fingerprint density at radius 1 is 1.41 bits per heavy atom. The number of aryl methyl sites for hydroxylation is 1. The lowest BCUT2D eigenvalue weighted by atomic mass is 9.90. The van der Waals surface area contributed by atoms with Crippen LogP contribution in [0.25, 0.3) is 11.7 Å². The smallest absolute Gasteiger partial charge is 0.283 e. The zero-order valence-electron chi connectivity index (χ0n) is 15.6. The first kappa shape index (κ1) is 18.0. The number of thiophene rings is 1. The van der Waals surface area contributed by atoms with Gasteiger partial charge in [-0.1, -0.05) is 13.8 Å². The molecule has 1 aliphatic carbocycles. The van der Waals surface area contributed by atoms with E-state index >= 15 is 0 Å². The lowest BCUT2D eigenvalue weighted by molar-refractivity contribution is 0.0733. The van der Waals surface area contributed by atoms with Gasteiger partial charge >= 0.3 is 0 Å². The molecule has 0 N–H and O–H groups in total. The van der Waals surface area contributed by atoms with E-state index in [1.165, 1.54) is 16.9 Å². The fraction of sp³-hybridized carbons (Fsp3) is 0.450. The van der Waals surface area contributed by atoms with Crippen LogP contribution in [0.3, 0.4) is 0 Å².